The molecule has 10 nitrogen and oxygen atoms in total. The first-order chi connectivity index (χ1) is 12.7. The zero-order valence-electron chi connectivity index (χ0n) is 17.0. The molecule has 1 aromatic rings. The van der Waals surface area contributed by atoms with Crippen molar-refractivity contribution in [2.75, 3.05) is 12.0 Å². The fraction of sp³-hybridized carbons (Fsp3) is 0.500. The Morgan fingerprint density at radius 3 is 1.75 bits per heavy atom. The van der Waals surface area contributed by atoms with E-state index in [1.807, 2.05) is 0 Å². The van der Waals surface area contributed by atoms with Crippen LogP contribution in [0.1, 0.15) is 62.4 Å². The molecule has 0 aliphatic carbocycles. The first kappa shape index (κ1) is 22.9. The summed E-state index contributed by atoms with van der Waals surface area (Å²) in [4.78, 5) is 53.4. The summed E-state index contributed by atoms with van der Waals surface area (Å²) in [7, 11) is 1.11. The predicted octanol–water partition coefficient (Wildman–Crippen LogP) is 2.64. The van der Waals surface area contributed by atoms with E-state index in [1.54, 1.807) is 41.5 Å². The van der Waals surface area contributed by atoms with Gasteiger partial charge in [0, 0.05) is 0 Å². The van der Waals surface area contributed by atoms with Gasteiger partial charge in [-0.1, -0.05) is 0 Å². The van der Waals surface area contributed by atoms with E-state index in [2.05, 4.69) is 9.72 Å². The van der Waals surface area contributed by atoms with Gasteiger partial charge in [-0.25, -0.2) is 19.4 Å². The Bertz CT molecular complexity index is 763. The zero-order valence-corrected chi connectivity index (χ0v) is 17.0. The van der Waals surface area contributed by atoms with Gasteiger partial charge in [-0.15, -0.1) is 0 Å². The molecule has 1 rings (SSSR count). The first-order valence-electron chi connectivity index (χ1n) is 8.31. The van der Waals surface area contributed by atoms with E-state index in [4.69, 9.17) is 15.2 Å². The third-order valence-electron chi connectivity index (χ3n) is 2.90. The average Bonchev–Trinajstić information content (AvgIpc) is 2.50. The quantitative estimate of drug-likeness (QED) is 0.609. The molecule has 3 amide bonds. The Hall–Kier alpha value is -3.17. The van der Waals surface area contributed by atoms with Gasteiger partial charge in [0.2, 0.25) is 0 Å². The molecular weight excluding hydrogens is 370 g/mol. The highest BCUT2D eigenvalue weighted by molar-refractivity contribution is 6.13. The standard InChI is InChI=1S/C18H25N3O7/c1-17(2,3)27-15(24)21(16(25)28-18(4,5)6)13-10(14(23)26-7)8-9-11(20-13)12(19)22/h8-9H,1-7H3,(H2,19,22). The maximum Gasteiger partial charge on any atom is 0.425 e. The summed E-state index contributed by atoms with van der Waals surface area (Å²) in [5.74, 6) is -2.31. The first-order valence-corrected chi connectivity index (χ1v) is 8.31. The number of nitrogens with two attached hydrogens (primary N) is 1. The summed E-state index contributed by atoms with van der Waals surface area (Å²) in [6.45, 7) is 9.54. The van der Waals surface area contributed by atoms with Gasteiger partial charge in [-0.3, -0.25) is 4.79 Å². The Balaban J connectivity index is 3.64. The minimum absolute atomic E-state index is 0.260. The van der Waals surface area contributed by atoms with Crippen molar-refractivity contribution in [2.24, 2.45) is 5.73 Å². The van der Waals surface area contributed by atoms with Crippen LogP contribution < -0.4 is 10.6 Å². The summed E-state index contributed by atoms with van der Waals surface area (Å²) in [5.41, 5.74) is 2.75. The van der Waals surface area contributed by atoms with Gasteiger partial charge in [0.15, 0.2) is 5.82 Å². The molecule has 0 aromatic carbocycles. The number of primary amides is 1. The van der Waals surface area contributed by atoms with E-state index in [1.165, 1.54) is 6.07 Å². The maximum absolute atomic E-state index is 12.7. The minimum Gasteiger partial charge on any atom is -0.465 e. The van der Waals surface area contributed by atoms with Gasteiger partial charge in [-0.2, -0.15) is 4.90 Å². The number of methoxy groups -OCH3 is 1. The predicted molar refractivity (Wildman–Crippen MR) is 99.0 cm³/mol. The third-order valence-corrected chi connectivity index (χ3v) is 2.90. The SMILES string of the molecule is COC(=O)c1ccc(C(N)=O)nc1N(C(=O)OC(C)(C)C)C(=O)OC(C)(C)C. The van der Waals surface area contributed by atoms with Crippen molar-refractivity contribution >= 4 is 29.9 Å². The van der Waals surface area contributed by atoms with Crippen molar-refractivity contribution < 1.29 is 33.4 Å². The van der Waals surface area contributed by atoms with Gasteiger partial charge in [-0.05, 0) is 53.7 Å². The average molecular weight is 395 g/mol. The van der Waals surface area contributed by atoms with Crippen molar-refractivity contribution in [2.45, 2.75) is 52.7 Å². The second kappa shape index (κ2) is 8.24. The van der Waals surface area contributed by atoms with Crippen LogP contribution in [0.2, 0.25) is 0 Å². The number of rotatable bonds is 3. The second-order valence-electron chi connectivity index (χ2n) is 7.72. The molecule has 1 heterocycles. The smallest absolute Gasteiger partial charge is 0.425 e. The van der Waals surface area contributed by atoms with E-state index in [9.17, 15) is 19.2 Å². The number of pyridine rings is 1. The van der Waals surface area contributed by atoms with Crippen LogP contribution in [0.5, 0.6) is 0 Å². The number of ether oxygens (including phenoxy) is 3. The van der Waals surface area contributed by atoms with Crippen LogP contribution in [0, 0.1) is 0 Å². The molecule has 0 aliphatic rings. The molecule has 0 spiro atoms. The van der Waals surface area contributed by atoms with E-state index in [-0.39, 0.29) is 11.3 Å². The van der Waals surface area contributed by atoms with Crippen molar-refractivity contribution in [1.82, 2.24) is 4.98 Å². The highest BCUT2D eigenvalue weighted by Gasteiger charge is 2.36. The normalized spacial score (nSPS) is 11.4. The number of aromatic nitrogens is 1. The highest BCUT2D eigenvalue weighted by atomic mass is 16.6. The lowest BCUT2D eigenvalue weighted by Crippen LogP contribution is -2.45. The summed E-state index contributed by atoms with van der Waals surface area (Å²) < 4.78 is 15.1. The molecule has 1 aromatic heterocycles. The van der Waals surface area contributed by atoms with Gasteiger partial charge in [0.05, 0.1) is 7.11 Å². The van der Waals surface area contributed by atoms with Crippen LogP contribution in [-0.2, 0) is 14.2 Å². The number of carbonyl (C=O) groups excluding carboxylic acids is 4. The van der Waals surface area contributed by atoms with Crippen LogP contribution in [0.3, 0.4) is 0 Å². The van der Waals surface area contributed by atoms with Gasteiger partial charge in [0.1, 0.15) is 22.5 Å². The van der Waals surface area contributed by atoms with Gasteiger partial charge >= 0.3 is 18.2 Å². The van der Waals surface area contributed by atoms with Crippen molar-refractivity contribution in [3.8, 4) is 0 Å². The highest BCUT2D eigenvalue weighted by Crippen LogP contribution is 2.25. The summed E-state index contributed by atoms with van der Waals surface area (Å²) in [5, 5.41) is 0. The molecule has 10 heteroatoms. The van der Waals surface area contributed by atoms with Crippen molar-refractivity contribution in [3.63, 3.8) is 0 Å². The Morgan fingerprint density at radius 1 is 0.929 bits per heavy atom. The number of anilines is 1. The van der Waals surface area contributed by atoms with Crippen molar-refractivity contribution in [1.29, 1.82) is 0 Å². The molecular formula is C18H25N3O7. The number of nitrogens with zero attached hydrogens (tertiary/aromatic N) is 2. The number of imide groups is 1. The molecule has 0 aliphatic heterocycles. The number of hydrogen-bond acceptors (Lipinski definition) is 8. The largest absolute Gasteiger partial charge is 0.465 e. The van der Waals surface area contributed by atoms with E-state index < -0.39 is 41.1 Å². The Morgan fingerprint density at radius 2 is 1.39 bits per heavy atom. The molecule has 0 fully saturated rings. The zero-order chi connectivity index (χ0) is 21.9. The minimum atomic E-state index is -1.15. The topological polar surface area (TPSA) is 138 Å². The number of carbonyl (C=O) groups is 4. The number of amides is 3. The van der Waals surface area contributed by atoms with Crippen LogP contribution in [-0.4, -0.2) is 47.4 Å². The van der Waals surface area contributed by atoms with Crippen LogP contribution in [0.25, 0.3) is 0 Å². The number of hydrogen-bond donors (Lipinski definition) is 1. The Labute approximate surface area is 162 Å². The maximum atomic E-state index is 12.7. The lowest BCUT2D eigenvalue weighted by molar-refractivity contribution is 0.0428. The Kier molecular flexibility index (Phi) is 6.73. The summed E-state index contributed by atoms with van der Waals surface area (Å²) in [6, 6.07) is 2.33. The number of esters is 1. The lowest BCUT2D eigenvalue weighted by atomic mass is 10.2. The molecule has 0 unspecified atom stereocenters. The van der Waals surface area contributed by atoms with Gasteiger partial charge in [0.25, 0.3) is 5.91 Å². The second-order valence-corrected chi connectivity index (χ2v) is 7.72. The molecule has 0 atom stereocenters. The van der Waals surface area contributed by atoms with Crippen LogP contribution >= 0.6 is 0 Å². The summed E-state index contributed by atoms with van der Waals surface area (Å²) in [6.07, 6.45) is -2.30. The fourth-order valence-corrected chi connectivity index (χ4v) is 1.89. The molecule has 0 bridgehead atoms. The van der Waals surface area contributed by atoms with Gasteiger partial charge < -0.3 is 19.9 Å². The molecule has 0 saturated heterocycles. The fourth-order valence-electron chi connectivity index (χ4n) is 1.89. The van der Waals surface area contributed by atoms with E-state index >= 15 is 0 Å². The van der Waals surface area contributed by atoms with Crippen LogP contribution in [0.15, 0.2) is 12.1 Å². The molecule has 28 heavy (non-hydrogen) atoms. The van der Waals surface area contributed by atoms with E-state index in [0.29, 0.717) is 4.90 Å². The van der Waals surface area contributed by atoms with E-state index in [0.717, 1.165) is 13.2 Å². The van der Waals surface area contributed by atoms with Crippen molar-refractivity contribution in [3.05, 3.63) is 23.4 Å². The third kappa shape index (κ3) is 6.22. The molecule has 0 saturated carbocycles. The summed E-state index contributed by atoms with van der Waals surface area (Å²) >= 11 is 0. The molecule has 0 radical (unpaired) electrons. The lowest BCUT2D eigenvalue weighted by Gasteiger charge is -2.28. The molecule has 154 valence electrons. The molecule has 2 N–H and O–H groups in total. The monoisotopic (exact) mass is 395 g/mol. The van der Waals surface area contributed by atoms with Crippen LogP contribution in [0.4, 0.5) is 15.4 Å².